The van der Waals surface area contributed by atoms with Gasteiger partial charge in [-0.3, -0.25) is 24.1 Å². The molecule has 0 spiro atoms. The molecule has 2 aromatic carbocycles. The molecule has 6 amide bonds. The molecule has 81 heavy (non-hydrogen) atoms. The maximum atomic E-state index is 15.2. The van der Waals surface area contributed by atoms with E-state index in [-0.39, 0.29) is 42.9 Å². The van der Waals surface area contributed by atoms with Crippen molar-refractivity contribution in [3.05, 3.63) is 65.2 Å². The number of anilines is 1. The highest BCUT2D eigenvalue weighted by Gasteiger charge is 2.65. The second-order valence-corrected chi connectivity index (χ2v) is 31.6. The third-order valence-electron chi connectivity index (χ3n) is 21.8. The topological polar surface area (TPSA) is 207 Å². The van der Waals surface area contributed by atoms with Crippen molar-refractivity contribution >= 4 is 41.5 Å². The van der Waals surface area contributed by atoms with Crippen LogP contribution in [0, 0.1) is 70.9 Å². The summed E-state index contributed by atoms with van der Waals surface area (Å²) in [5.41, 5.74) is -8.87. The summed E-state index contributed by atoms with van der Waals surface area (Å²) in [6.45, 7) is 55.8. The second kappa shape index (κ2) is 23.0. The number of amides is 6. The van der Waals surface area contributed by atoms with Gasteiger partial charge in [-0.25, -0.2) is 9.59 Å². The van der Waals surface area contributed by atoms with Crippen LogP contribution >= 0.6 is 0 Å². The van der Waals surface area contributed by atoms with Gasteiger partial charge in [-0.05, 0) is 146 Å². The second-order valence-electron chi connectivity index (χ2n) is 31.6. The maximum Gasteiger partial charge on any atom is 0.325 e. The molecule has 1 aliphatic rings. The number of aliphatic carboxylic acids is 1. The fourth-order valence-corrected chi connectivity index (χ4v) is 13.3. The molecule has 0 saturated carbocycles. The normalized spacial score (nSPS) is 18.0. The van der Waals surface area contributed by atoms with E-state index in [1.165, 1.54) is 0 Å². The summed E-state index contributed by atoms with van der Waals surface area (Å²) in [6, 6.07) is 16.5. The van der Waals surface area contributed by atoms with Crippen LogP contribution in [0.3, 0.4) is 0 Å². The maximum absolute atomic E-state index is 15.2. The van der Waals surface area contributed by atoms with Gasteiger partial charge < -0.3 is 31.1 Å². The van der Waals surface area contributed by atoms with Gasteiger partial charge in [0.15, 0.2) is 0 Å². The Labute approximate surface area is 489 Å². The first-order valence-corrected chi connectivity index (χ1v) is 29.2. The Bertz CT molecular complexity index is 2730. The zero-order valence-electron chi connectivity index (χ0n) is 55.3. The number of carboxylic acids is 1. The van der Waals surface area contributed by atoms with Gasteiger partial charge in [0.05, 0.1) is 39.6 Å². The van der Waals surface area contributed by atoms with E-state index in [0.29, 0.717) is 36.9 Å². The number of nitrogens with one attached hydrogen (secondary N) is 4. The van der Waals surface area contributed by atoms with E-state index in [0.717, 1.165) is 16.0 Å². The summed E-state index contributed by atoms with van der Waals surface area (Å²) >= 11 is 0. The summed E-state index contributed by atoms with van der Waals surface area (Å²) < 4.78 is 6.13. The molecule has 0 bridgehead atoms. The van der Waals surface area contributed by atoms with Gasteiger partial charge in [-0.15, -0.1) is 0 Å². The van der Waals surface area contributed by atoms with Crippen LogP contribution in [-0.4, -0.2) is 71.1 Å². The molecule has 14 heteroatoms. The molecule has 1 saturated heterocycles. The van der Waals surface area contributed by atoms with Crippen molar-refractivity contribution in [2.45, 2.75) is 229 Å². The van der Waals surface area contributed by atoms with Gasteiger partial charge in [0.2, 0.25) is 5.91 Å². The van der Waals surface area contributed by atoms with Crippen LogP contribution in [0.25, 0.3) is 0 Å². The highest BCUT2D eigenvalue weighted by atomic mass is 16.5. The van der Waals surface area contributed by atoms with Gasteiger partial charge in [-0.1, -0.05) is 175 Å². The number of esters is 1. The third kappa shape index (κ3) is 13.3. The minimum Gasteiger partial charge on any atom is -0.481 e. The monoisotopic (exact) mass is 1120 g/mol. The van der Waals surface area contributed by atoms with Crippen molar-refractivity contribution in [1.82, 2.24) is 20.9 Å². The number of carbonyl (C=O) groups excluding carboxylic acids is 5. The summed E-state index contributed by atoms with van der Waals surface area (Å²) in [7, 11) is 0. The van der Waals surface area contributed by atoms with Crippen LogP contribution in [0.4, 0.5) is 15.3 Å². The summed E-state index contributed by atoms with van der Waals surface area (Å²) in [5.74, 6) is -1.79. The lowest BCUT2D eigenvalue weighted by Gasteiger charge is -2.63. The Morgan fingerprint density at radius 1 is 0.654 bits per heavy atom. The Balaban J connectivity index is 2.37. The van der Waals surface area contributed by atoms with Crippen LogP contribution in [0.15, 0.2) is 48.5 Å². The fraction of sp³-hybridized carbons (Fsp3) is 0.716. The Morgan fingerprint density at radius 2 is 1.15 bits per heavy atom. The van der Waals surface area contributed by atoms with Gasteiger partial charge in [0, 0.05) is 13.1 Å². The van der Waals surface area contributed by atoms with Gasteiger partial charge in [-0.2, -0.15) is 5.26 Å². The van der Waals surface area contributed by atoms with E-state index in [1.807, 2.05) is 67.5 Å². The number of rotatable bonds is 24. The summed E-state index contributed by atoms with van der Waals surface area (Å²) in [4.78, 5) is 84.2. The molecule has 5 N–H and O–H groups in total. The van der Waals surface area contributed by atoms with E-state index in [2.05, 4.69) is 157 Å². The van der Waals surface area contributed by atoms with Crippen molar-refractivity contribution in [2.24, 2.45) is 59.6 Å². The minimum absolute atomic E-state index is 0.000741. The van der Waals surface area contributed by atoms with Crippen LogP contribution in [0.2, 0.25) is 0 Å². The van der Waals surface area contributed by atoms with Crippen molar-refractivity contribution in [3.63, 3.8) is 0 Å². The highest BCUT2D eigenvalue weighted by molar-refractivity contribution is 6.06. The number of nitriles is 1. The lowest BCUT2D eigenvalue weighted by atomic mass is 9.41. The van der Waals surface area contributed by atoms with Gasteiger partial charge >= 0.3 is 24.0 Å². The first kappa shape index (κ1) is 69.8. The molecular weight excluding hydrogens is 1020 g/mol. The van der Waals surface area contributed by atoms with Crippen molar-refractivity contribution in [3.8, 4) is 6.07 Å². The molecule has 0 radical (unpaired) electrons. The van der Waals surface area contributed by atoms with Crippen LogP contribution in [-0.2, 0) is 34.9 Å². The molecule has 4 atom stereocenters. The molecule has 1 aliphatic heterocycles. The minimum atomic E-state index is -1.18. The molecule has 454 valence electrons. The summed E-state index contributed by atoms with van der Waals surface area (Å²) in [6.07, 6.45) is 1.65. The van der Waals surface area contributed by atoms with Crippen LogP contribution in [0.1, 0.15) is 229 Å². The zero-order valence-corrected chi connectivity index (χ0v) is 55.3. The average molecular weight is 1130 g/mol. The highest BCUT2D eigenvalue weighted by Crippen LogP contribution is 2.68. The van der Waals surface area contributed by atoms with Crippen molar-refractivity contribution in [2.75, 3.05) is 25.0 Å². The molecule has 14 nitrogen and oxygen atoms in total. The number of carboxylic acid groups (broad SMARTS) is 1. The molecule has 0 aliphatic carbocycles. The number of hydrogen-bond acceptors (Lipinski definition) is 8. The first-order chi connectivity index (χ1) is 36.2. The van der Waals surface area contributed by atoms with Gasteiger partial charge in [0.1, 0.15) is 11.6 Å². The third-order valence-corrected chi connectivity index (χ3v) is 21.8. The predicted molar refractivity (Wildman–Crippen MR) is 326 cm³/mol. The van der Waals surface area contributed by atoms with Gasteiger partial charge in [0.25, 0.3) is 5.91 Å². The predicted octanol–water partition coefficient (Wildman–Crippen LogP) is 14.8. The van der Waals surface area contributed by atoms with E-state index < -0.39 is 88.7 Å². The zero-order chi connectivity index (χ0) is 63.2. The van der Waals surface area contributed by atoms with Crippen molar-refractivity contribution < 1.29 is 38.6 Å². The molecule has 1 fully saturated rings. The lowest BCUT2D eigenvalue weighted by molar-refractivity contribution is -0.187. The number of ether oxygens (including phenoxy) is 1. The largest absolute Gasteiger partial charge is 0.481 e. The SMILES string of the molecule is CCOC(=O)C(C)(CC(C)(C)C(C)(C)C(C)(CC(C)(C)C)C(=O)O)C(C)(C)C(C)(C)CC(C)(c1cccc(C(C)(C)NC(=O)NCCN2C(=O)NC(C)(C)C2=O)c1)C(C)(C)C(C)(C)CC(C)(C(=O)Nc1ccccc1C#N)C(C)(C)C. The fourth-order valence-electron chi connectivity index (χ4n) is 13.3. The molecule has 2 aromatic rings. The Hall–Kier alpha value is -5.45. The molecule has 4 unspecified atom stereocenters. The number of imide groups is 1. The number of urea groups is 2. The number of carbonyl (C=O) groups is 6. The first-order valence-electron chi connectivity index (χ1n) is 29.2. The van der Waals surface area contributed by atoms with Crippen molar-refractivity contribution in [1.29, 1.82) is 5.26 Å². The standard InChI is InChI=1S/C67H108N6O8/c1-28-81-51(78)67(27,43-58(12,13)62(20,21)66(26,50(76)77)40-54(2,3)4)63(22,23)56(8,9)41-64(24,61(18,19)57(10,11)42-65(25,55(5,6)7)48(74)70-47-35-30-29-32-44(47)39-68)46-34-31-33-45(38-46)59(14,15)71-52(79)69-36-37-73-49(75)60(16,17)72-53(73)80/h29-35,38H,28,36-37,40-43H2,1-27H3,(H,70,74)(H,72,80)(H,76,77)(H2,69,71,79). The van der Waals surface area contributed by atoms with E-state index in [4.69, 9.17) is 4.74 Å². The van der Waals surface area contributed by atoms with E-state index in [1.54, 1.807) is 38.1 Å². The average Bonchev–Trinajstić information content (AvgIpc) is 3.50. The smallest absolute Gasteiger partial charge is 0.325 e. The Kier molecular flexibility index (Phi) is 19.8. The number of nitrogens with zero attached hydrogens (tertiary/aromatic N) is 2. The quantitative estimate of drug-likeness (QED) is 0.0500. The Morgan fingerprint density at radius 3 is 1.63 bits per heavy atom. The molecule has 1 heterocycles. The molecular formula is C67H108N6O8. The van der Waals surface area contributed by atoms with E-state index in [9.17, 15) is 29.5 Å². The number of hydrogen-bond donors (Lipinski definition) is 5. The summed E-state index contributed by atoms with van der Waals surface area (Å²) in [5, 5.41) is 33.0. The molecule has 0 aromatic heterocycles. The number of para-hydroxylation sites is 1. The molecule has 3 rings (SSSR count). The van der Waals surface area contributed by atoms with Crippen LogP contribution in [0.5, 0.6) is 0 Å². The van der Waals surface area contributed by atoms with Crippen LogP contribution < -0.4 is 21.3 Å². The number of benzene rings is 2. The lowest BCUT2D eigenvalue weighted by Crippen LogP contribution is -2.60. The van der Waals surface area contributed by atoms with E-state index >= 15 is 9.59 Å².